The van der Waals surface area contributed by atoms with E-state index < -0.39 is 26.3 Å². The third-order valence-corrected chi connectivity index (χ3v) is 3.65. The average molecular weight is 302 g/mol. The van der Waals surface area contributed by atoms with Gasteiger partial charge in [0.2, 0.25) is 0 Å². The maximum absolute atomic E-state index is 13.3. The van der Waals surface area contributed by atoms with Gasteiger partial charge in [-0.25, -0.2) is 0 Å². The van der Waals surface area contributed by atoms with Crippen molar-refractivity contribution in [3.8, 4) is 0 Å². The summed E-state index contributed by atoms with van der Waals surface area (Å²) in [4.78, 5) is 0. The monoisotopic (exact) mass is 302 g/mol. The van der Waals surface area contributed by atoms with Gasteiger partial charge < -0.3 is 9.47 Å². The van der Waals surface area contributed by atoms with Crippen LogP contribution in [0.5, 0.6) is 0 Å². The third-order valence-electron chi connectivity index (χ3n) is 2.55. The average Bonchev–Trinajstić information content (AvgIpc) is 2.28. The molecule has 7 heteroatoms. The molecule has 0 aromatic carbocycles. The predicted octanol–water partition coefficient (Wildman–Crippen LogP) is 4.05. The van der Waals surface area contributed by atoms with Crippen molar-refractivity contribution in [2.75, 3.05) is 19.4 Å². The third kappa shape index (κ3) is 8.69. The summed E-state index contributed by atoms with van der Waals surface area (Å²) in [6.45, 7) is 7.83. The van der Waals surface area contributed by atoms with E-state index in [9.17, 15) is 13.3 Å². The molecule has 0 saturated heterocycles. The minimum Gasteiger partial charge on any atom is -0.351 e. The normalized spacial score (nSPS) is 14.6. The largest absolute Gasteiger partial charge is 0.360 e. The molecule has 0 spiro atoms. The van der Waals surface area contributed by atoms with Crippen LogP contribution in [0.2, 0.25) is 0 Å². The fraction of sp³-hybridized carbons (Fsp3) is 1.00. The zero-order valence-electron chi connectivity index (χ0n) is 12.1. The van der Waals surface area contributed by atoms with Crippen LogP contribution in [0.15, 0.2) is 0 Å². The van der Waals surface area contributed by atoms with E-state index in [-0.39, 0.29) is 12.6 Å². The van der Waals surface area contributed by atoms with Crippen LogP contribution in [-0.2, 0) is 18.6 Å². The lowest BCUT2D eigenvalue weighted by atomic mass is 10.1. The van der Waals surface area contributed by atoms with E-state index in [2.05, 4.69) is 4.52 Å². The topological polar surface area (TPSA) is 44.8 Å². The fourth-order valence-corrected chi connectivity index (χ4v) is 2.28. The van der Waals surface area contributed by atoms with Gasteiger partial charge in [0, 0.05) is 32.2 Å². The summed E-state index contributed by atoms with van der Waals surface area (Å²) in [6.07, 6.45) is -3.20. The molecule has 1 atom stereocenters. The summed E-state index contributed by atoms with van der Waals surface area (Å²) >= 11 is 0. The van der Waals surface area contributed by atoms with Crippen molar-refractivity contribution in [3.05, 3.63) is 0 Å². The van der Waals surface area contributed by atoms with Gasteiger partial charge in [-0.3, -0.25) is 9.09 Å². The first-order chi connectivity index (χ1) is 8.78. The van der Waals surface area contributed by atoms with Gasteiger partial charge in [0.05, 0.1) is 0 Å². The van der Waals surface area contributed by atoms with Crippen LogP contribution in [0.25, 0.3) is 0 Å². The first kappa shape index (κ1) is 19.0. The Bertz CT molecular complexity index is 268. The number of ether oxygens (including phenoxy) is 2. The van der Waals surface area contributed by atoms with Crippen molar-refractivity contribution in [2.24, 2.45) is 0 Å². The van der Waals surface area contributed by atoms with E-state index in [4.69, 9.17) is 9.47 Å². The smallest absolute Gasteiger partial charge is 0.351 e. The molecule has 4 nitrogen and oxygen atoms in total. The van der Waals surface area contributed by atoms with Crippen molar-refractivity contribution in [1.82, 2.24) is 0 Å². The molecule has 0 aliphatic carbocycles. The molecule has 0 aromatic heterocycles. The molecule has 0 aliphatic heterocycles. The minimum absolute atomic E-state index is 0.121. The molecule has 0 aromatic rings. The highest BCUT2D eigenvalue weighted by Gasteiger charge is 2.33. The van der Waals surface area contributed by atoms with Gasteiger partial charge in [0.15, 0.2) is 13.8 Å². The summed E-state index contributed by atoms with van der Waals surface area (Å²) in [7, 11) is -2.63. The molecule has 19 heavy (non-hydrogen) atoms. The van der Waals surface area contributed by atoms with Gasteiger partial charge >= 0.3 is 6.11 Å². The zero-order chi connectivity index (χ0) is 14.9. The lowest BCUT2D eigenvalue weighted by Gasteiger charge is -2.29. The van der Waals surface area contributed by atoms with Gasteiger partial charge in [-0.05, 0) is 27.2 Å². The van der Waals surface area contributed by atoms with Gasteiger partial charge in [0.1, 0.15) is 0 Å². The van der Waals surface area contributed by atoms with Crippen molar-refractivity contribution >= 4 is 8.03 Å². The Morgan fingerprint density at radius 3 is 2.00 bits per heavy atom. The molecular weight excluding hydrogens is 277 g/mol. The number of rotatable bonds is 11. The Morgan fingerprint density at radius 2 is 1.58 bits per heavy atom. The Morgan fingerprint density at radius 1 is 1.05 bits per heavy atom. The maximum Gasteiger partial charge on any atom is 0.360 e. The van der Waals surface area contributed by atoms with Crippen molar-refractivity contribution in [3.63, 3.8) is 0 Å². The van der Waals surface area contributed by atoms with Crippen LogP contribution in [0.1, 0.15) is 47.0 Å². The minimum atomic E-state index is -3.34. The highest BCUT2D eigenvalue weighted by Crippen LogP contribution is 2.36. The second kappa shape index (κ2) is 9.01. The van der Waals surface area contributed by atoms with Crippen molar-refractivity contribution in [2.45, 2.75) is 58.9 Å². The number of halogens is 2. The second-order valence-corrected chi connectivity index (χ2v) is 5.97. The lowest BCUT2D eigenvalue weighted by Crippen LogP contribution is -2.33. The number of alkyl halides is 2. The van der Waals surface area contributed by atoms with Crippen LogP contribution in [0.4, 0.5) is 8.78 Å². The van der Waals surface area contributed by atoms with Crippen LogP contribution in [-0.4, -0.2) is 31.3 Å². The molecule has 0 saturated carbocycles. The molecule has 116 valence electrons. The molecular formula is C12H25F2O4P. The maximum atomic E-state index is 13.3. The quantitative estimate of drug-likeness (QED) is 0.426. The summed E-state index contributed by atoms with van der Waals surface area (Å²) in [5.74, 6) is -0.852. The van der Waals surface area contributed by atoms with Gasteiger partial charge in [-0.2, -0.15) is 8.78 Å². The Kier molecular flexibility index (Phi) is 8.99. The van der Waals surface area contributed by atoms with Crippen molar-refractivity contribution < 1.29 is 27.3 Å². The Balaban J connectivity index is 4.20. The molecule has 0 rings (SSSR count). The summed E-state index contributed by atoms with van der Waals surface area (Å²) in [6, 6.07) is 0. The zero-order valence-corrected chi connectivity index (χ0v) is 13.1. The van der Waals surface area contributed by atoms with E-state index in [0.717, 1.165) is 0 Å². The van der Waals surface area contributed by atoms with Gasteiger partial charge in [-0.15, -0.1) is 0 Å². The first-order valence-electron chi connectivity index (χ1n) is 6.66. The van der Waals surface area contributed by atoms with Crippen LogP contribution < -0.4 is 0 Å². The van der Waals surface area contributed by atoms with Crippen LogP contribution >= 0.6 is 8.03 Å². The van der Waals surface area contributed by atoms with E-state index in [0.29, 0.717) is 19.6 Å². The van der Waals surface area contributed by atoms with E-state index in [1.54, 1.807) is 13.8 Å². The van der Waals surface area contributed by atoms with Crippen molar-refractivity contribution in [1.29, 1.82) is 0 Å². The molecule has 0 fully saturated rings. The Hall–Kier alpha value is -0.0300. The molecule has 0 aliphatic rings. The van der Waals surface area contributed by atoms with E-state index in [1.807, 2.05) is 13.8 Å². The molecule has 0 heterocycles. The van der Waals surface area contributed by atoms with Gasteiger partial charge in [-0.1, -0.05) is 6.92 Å². The molecule has 0 bridgehead atoms. The number of hydrogen-bond donors (Lipinski definition) is 0. The summed E-state index contributed by atoms with van der Waals surface area (Å²) in [5.41, 5.74) is 0. The highest BCUT2D eigenvalue weighted by atomic mass is 31.1. The summed E-state index contributed by atoms with van der Waals surface area (Å²) in [5, 5.41) is 0. The van der Waals surface area contributed by atoms with E-state index in [1.165, 1.54) is 0 Å². The van der Waals surface area contributed by atoms with E-state index >= 15 is 0 Å². The Labute approximate surface area is 114 Å². The molecule has 0 amide bonds. The first-order valence-corrected chi connectivity index (χ1v) is 8.18. The molecule has 0 N–H and O–H groups in total. The highest BCUT2D eigenvalue weighted by molar-refractivity contribution is 7.39. The lowest BCUT2D eigenvalue weighted by molar-refractivity contribution is -0.230. The molecule has 0 radical (unpaired) electrons. The van der Waals surface area contributed by atoms with Gasteiger partial charge in [0.25, 0.3) is 0 Å². The van der Waals surface area contributed by atoms with Crippen LogP contribution in [0, 0.1) is 0 Å². The standard InChI is InChI=1S/C12H25F2O4P/c1-5-16-11(4,17-6-2)9-8-10-12(13,14)18-19(15)7-3/h19H,5-10H2,1-4H3. The second-order valence-electron chi connectivity index (χ2n) is 4.32. The number of hydrogen-bond acceptors (Lipinski definition) is 4. The molecule has 1 unspecified atom stereocenters. The SMILES string of the molecule is CCOC(C)(CCCC(F)(F)O[PH](=O)CC)OCC. The summed E-state index contributed by atoms with van der Waals surface area (Å²) < 4.78 is 52.8. The predicted molar refractivity (Wildman–Crippen MR) is 71.1 cm³/mol. The fourth-order valence-electron chi connectivity index (χ4n) is 1.70. The van der Waals surface area contributed by atoms with Crippen LogP contribution in [0.3, 0.4) is 0 Å².